The topological polar surface area (TPSA) is 25.2 Å². The Morgan fingerprint density at radius 2 is 1.71 bits per heavy atom. The van der Waals surface area contributed by atoms with Gasteiger partial charge in [-0.3, -0.25) is 9.98 Å². The molecule has 0 bridgehead atoms. The van der Waals surface area contributed by atoms with E-state index in [9.17, 15) is 8.78 Å². The molecule has 0 fully saturated rings. The number of fused-ring (bicyclic) bond motifs is 1. The summed E-state index contributed by atoms with van der Waals surface area (Å²) in [6.07, 6.45) is 5.35. The Bertz CT molecular complexity index is 990. The molecule has 1 aliphatic rings. The summed E-state index contributed by atoms with van der Waals surface area (Å²) in [6, 6.07) is 13.9. The van der Waals surface area contributed by atoms with Gasteiger partial charge in [0.15, 0.2) is 11.6 Å². The molecule has 4 heteroatoms. The van der Waals surface area contributed by atoms with Crippen molar-refractivity contribution < 1.29 is 8.78 Å². The lowest BCUT2D eigenvalue weighted by Gasteiger charge is -2.13. The van der Waals surface area contributed by atoms with Crippen LogP contribution in [0.4, 0.5) is 8.78 Å². The van der Waals surface area contributed by atoms with Gasteiger partial charge in [-0.2, -0.15) is 0 Å². The van der Waals surface area contributed by atoms with Gasteiger partial charge in [0.05, 0.1) is 17.1 Å². The van der Waals surface area contributed by atoms with E-state index in [1.807, 2.05) is 42.6 Å². The Morgan fingerprint density at radius 1 is 0.875 bits per heavy atom. The first kappa shape index (κ1) is 14.7. The maximum atomic E-state index is 13.5. The summed E-state index contributed by atoms with van der Waals surface area (Å²) in [5.41, 5.74) is 2.92. The lowest BCUT2D eigenvalue weighted by atomic mass is 10.0. The molecule has 2 nitrogen and oxygen atoms in total. The van der Waals surface area contributed by atoms with E-state index in [1.54, 1.807) is 6.07 Å². The number of hydrogen-bond acceptors (Lipinski definition) is 2. The van der Waals surface area contributed by atoms with E-state index >= 15 is 0 Å². The molecule has 2 aromatic carbocycles. The third-order valence-corrected chi connectivity index (χ3v) is 4.12. The SMILES string of the molecule is Fc1ccc(C2=CCCC(c3cc4ccccc4cn3)=N2)cc1F. The number of pyridine rings is 1. The maximum absolute atomic E-state index is 13.5. The number of allylic oxidation sites excluding steroid dienone is 1. The van der Waals surface area contributed by atoms with Crippen molar-refractivity contribution in [1.29, 1.82) is 0 Å². The van der Waals surface area contributed by atoms with E-state index in [2.05, 4.69) is 9.98 Å². The quantitative estimate of drug-likeness (QED) is 0.642. The zero-order chi connectivity index (χ0) is 16.5. The molecular weight excluding hydrogens is 306 g/mol. The van der Waals surface area contributed by atoms with E-state index < -0.39 is 11.6 Å². The molecule has 118 valence electrons. The van der Waals surface area contributed by atoms with Crippen molar-refractivity contribution in [3.8, 4) is 0 Å². The first-order chi connectivity index (χ1) is 11.7. The van der Waals surface area contributed by atoms with Crippen molar-refractivity contribution >= 4 is 22.2 Å². The van der Waals surface area contributed by atoms with Crippen molar-refractivity contribution in [1.82, 2.24) is 4.98 Å². The molecule has 0 radical (unpaired) electrons. The lowest BCUT2D eigenvalue weighted by Crippen LogP contribution is -2.07. The first-order valence-electron chi connectivity index (χ1n) is 7.79. The van der Waals surface area contributed by atoms with Gasteiger partial charge in [-0.1, -0.05) is 30.3 Å². The van der Waals surface area contributed by atoms with Crippen LogP contribution in [0.15, 0.2) is 65.8 Å². The van der Waals surface area contributed by atoms with Crippen LogP contribution >= 0.6 is 0 Å². The zero-order valence-electron chi connectivity index (χ0n) is 12.8. The molecule has 0 spiro atoms. The Hall–Kier alpha value is -2.88. The average Bonchev–Trinajstić information content (AvgIpc) is 2.64. The summed E-state index contributed by atoms with van der Waals surface area (Å²) in [7, 11) is 0. The minimum absolute atomic E-state index is 0.576. The largest absolute Gasteiger partial charge is 0.254 e. The zero-order valence-corrected chi connectivity index (χ0v) is 12.8. The third-order valence-electron chi connectivity index (χ3n) is 4.12. The van der Waals surface area contributed by atoms with Gasteiger partial charge in [-0.25, -0.2) is 8.78 Å². The van der Waals surface area contributed by atoms with Crippen molar-refractivity contribution in [2.45, 2.75) is 12.8 Å². The van der Waals surface area contributed by atoms with Crippen LogP contribution < -0.4 is 0 Å². The molecule has 2 heterocycles. The summed E-state index contributed by atoms with van der Waals surface area (Å²) < 4.78 is 26.6. The maximum Gasteiger partial charge on any atom is 0.159 e. The Labute approximate surface area is 138 Å². The molecule has 1 aliphatic heterocycles. The van der Waals surface area contributed by atoms with Crippen LogP contribution in [-0.4, -0.2) is 10.7 Å². The number of rotatable bonds is 2. The van der Waals surface area contributed by atoms with Gasteiger partial charge in [0.25, 0.3) is 0 Å². The van der Waals surface area contributed by atoms with E-state index in [4.69, 9.17) is 0 Å². The van der Waals surface area contributed by atoms with Gasteiger partial charge in [0.1, 0.15) is 0 Å². The first-order valence-corrected chi connectivity index (χ1v) is 7.79. The molecule has 24 heavy (non-hydrogen) atoms. The molecule has 0 unspecified atom stereocenters. The monoisotopic (exact) mass is 320 g/mol. The average molecular weight is 320 g/mol. The highest BCUT2D eigenvalue weighted by Crippen LogP contribution is 2.25. The summed E-state index contributed by atoms with van der Waals surface area (Å²) in [4.78, 5) is 9.12. The van der Waals surface area contributed by atoms with Crippen LogP contribution in [0.2, 0.25) is 0 Å². The van der Waals surface area contributed by atoms with Gasteiger partial charge in [0, 0.05) is 17.1 Å². The highest BCUT2D eigenvalue weighted by molar-refractivity contribution is 6.05. The fourth-order valence-corrected chi connectivity index (χ4v) is 2.86. The minimum atomic E-state index is -0.862. The third kappa shape index (κ3) is 2.71. The molecule has 0 atom stereocenters. The van der Waals surface area contributed by atoms with Gasteiger partial charge in [-0.05, 0) is 42.5 Å². The lowest BCUT2D eigenvalue weighted by molar-refractivity contribution is 0.508. The van der Waals surface area contributed by atoms with Crippen LogP contribution in [0.3, 0.4) is 0 Å². The smallest absolute Gasteiger partial charge is 0.159 e. The van der Waals surface area contributed by atoms with E-state index in [-0.39, 0.29) is 0 Å². The van der Waals surface area contributed by atoms with Gasteiger partial charge in [0.2, 0.25) is 0 Å². The molecule has 3 aromatic rings. The van der Waals surface area contributed by atoms with Crippen LogP contribution in [0.25, 0.3) is 16.5 Å². The van der Waals surface area contributed by atoms with Crippen molar-refractivity contribution in [3.05, 3.63) is 83.7 Å². The molecule has 1 aromatic heterocycles. The Kier molecular flexibility index (Phi) is 3.65. The predicted octanol–water partition coefficient (Wildman–Crippen LogP) is 5.14. The molecule has 0 aliphatic carbocycles. The van der Waals surface area contributed by atoms with Crippen LogP contribution in [0.5, 0.6) is 0 Å². The second-order valence-electron chi connectivity index (χ2n) is 5.73. The number of aromatic nitrogens is 1. The fraction of sp³-hybridized carbons (Fsp3) is 0.100. The Morgan fingerprint density at radius 3 is 2.54 bits per heavy atom. The fourth-order valence-electron chi connectivity index (χ4n) is 2.86. The summed E-state index contributed by atoms with van der Waals surface area (Å²) in [5, 5.41) is 2.18. The van der Waals surface area contributed by atoms with E-state index in [0.29, 0.717) is 11.3 Å². The van der Waals surface area contributed by atoms with Crippen LogP contribution in [0.1, 0.15) is 24.1 Å². The normalized spacial score (nSPS) is 14.4. The Balaban J connectivity index is 1.73. The number of benzene rings is 2. The predicted molar refractivity (Wildman–Crippen MR) is 91.8 cm³/mol. The molecular formula is C20H14F2N2. The highest BCUT2D eigenvalue weighted by atomic mass is 19.2. The molecule has 0 N–H and O–H groups in total. The van der Waals surface area contributed by atoms with Crippen LogP contribution in [0, 0.1) is 11.6 Å². The van der Waals surface area contributed by atoms with Gasteiger partial charge >= 0.3 is 0 Å². The summed E-state index contributed by atoms with van der Waals surface area (Å²) in [6.45, 7) is 0. The van der Waals surface area contributed by atoms with E-state index in [1.165, 1.54) is 6.07 Å². The summed E-state index contributed by atoms with van der Waals surface area (Å²) in [5.74, 6) is -1.71. The van der Waals surface area contributed by atoms with Crippen molar-refractivity contribution in [2.75, 3.05) is 0 Å². The van der Waals surface area contributed by atoms with E-state index in [0.717, 1.165) is 41.1 Å². The summed E-state index contributed by atoms with van der Waals surface area (Å²) >= 11 is 0. The minimum Gasteiger partial charge on any atom is -0.254 e. The second-order valence-corrected chi connectivity index (χ2v) is 5.73. The van der Waals surface area contributed by atoms with Crippen molar-refractivity contribution in [2.24, 2.45) is 4.99 Å². The van der Waals surface area contributed by atoms with Crippen molar-refractivity contribution in [3.63, 3.8) is 0 Å². The van der Waals surface area contributed by atoms with Gasteiger partial charge in [-0.15, -0.1) is 0 Å². The number of hydrogen-bond donors (Lipinski definition) is 0. The standard InChI is InChI=1S/C20H14F2N2/c21-16-9-8-14(10-17(16)22)18-6-3-7-19(24-18)20-11-13-4-1-2-5-15(13)12-23-20/h1-2,4-6,8-12H,3,7H2. The number of halogens is 2. The molecule has 4 rings (SSSR count). The van der Waals surface area contributed by atoms with Gasteiger partial charge < -0.3 is 0 Å². The second kappa shape index (κ2) is 5.96. The van der Waals surface area contributed by atoms with Crippen LogP contribution in [-0.2, 0) is 0 Å². The molecule has 0 saturated heterocycles. The molecule has 0 amide bonds. The number of aliphatic imine (C=N–C) groups is 1. The number of nitrogens with zero attached hydrogens (tertiary/aromatic N) is 2. The highest BCUT2D eigenvalue weighted by Gasteiger charge is 2.14. The molecule has 0 saturated carbocycles.